The minimum Gasteiger partial charge on any atom is -0.497 e. The molecule has 0 spiro atoms. The van der Waals surface area contributed by atoms with E-state index < -0.39 is 0 Å². The van der Waals surface area contributed by atoms with Crippen LogP contribution < -0.4 is 4.74 Å². The summed E-state index contributed by atoms with van der Waals surface area (Å²) in [5.74, 6) is 0.417. The molecular formula is C23H31N3O4. The van der Waals surface area contributed by atoms with Crippen molar-refractivity contribution in [3.05, 3.63) is 35.5 Å². The van der Waals surface area contributed by atoms with Crippen LogP contribution in [0.3, 0.4) is 0 Å². The lowest BCUT2D eigenvalue weighted by atomic mass is 10.0. The molecule has 2 saturated heterocycles. The normalized spacial score (nSPS) is 21.0. The third-order valence-electron chi connectivity index (χ3n) is 6.15. The molecule has 7 nitrogen and oxygen atoms in total. The Bertz CT molecular complexity index is 793. The third kappa shape index (κ3) is 4.37. The van der Waals surface area contributed by atoms with Crippen LogP contribution in [0.1, 0.15) is 31.2 Å². The predicted molar refractivity (Wildman–Crippen MR) is 114 cm³/mol. The number of imide groups is 1. The van der Waals surface area contributed by atoms with Crippen LogP contribution in [0.25, 0.3) is 5.57 Å². The molecule has 0 atom stereocenters. The average Bonchev–Trinajstić information content (AvgIpc) is 3.05. The van der Waals surface area contributed by atoms with Crippen LogP contribution in [0.15, 0.2) is 30.0 Å². The standard InChI is InChI=1S/C23H31N3O4/c1-29-19-8-6-18(7-9-19)20-21(25-11-3-2-4-12-25)23(28)26(22(20)27)13-5-10-24-14-16-30-17-15-24/h6-9H,2-5,10-17H2,1H3. The Morgan fingerprint density at radius 2 is 1.60 bits per heavy atom. The second-order valence-electron chi connectivity index (χ2n) is 8.07. The zero-order valence-electron chi connectivity index (χ0n) is 17.8. The van der Waals surface area contributed by atoms with Gasteiger partial charge < -0.3 is 14.4 Å². The predicted octanol–water partition coefficient (Wildman–Crippen LogP) is 1.98. The number of carbonyl (C=O) groups is 2. The van der Waals surface area contributed by atoms with Gasteiger partial charge in [-0.3, -0.25) is 19.4 Å². The Kier molecular flexibility index (Phi) is 6.69. The Balaban J connectivity index is 1.53. The molecule has 0 N–H and O–H groups in total. The molecule has 2 fully saturated rings. The fourth-order valence-electron chi connectivity index (χ4n) is 4.47. The van der Waals surface area contributed by atoms with E-state index in [1.54, 1.807) is 7.11 Å². The summed E-state index contributed by atoms with van der Waals surface area (Å²) in [6.07, 6.45) is 4.06. The SMILES string of the molecule is COc1ccc(C2=C(N3CCCCC3)C(=O)N(CCCN3CCOCC3)C2=O)cc1. The molecule has 7 heteroatoms. The summed E-state index contributed by atoms with van der Waals surface area (Å²) >= 11 is 0. The van der Waals surface area contributed by atoms with Crippen molar-refractivity contribution >= 4 is 17.4 Å². The van der Waals surface area contributed by atoms with Gasteiger partial charge in [-0.05, 0) is 43.4 Å². The van der Waals surface area contributed by atoms with E-state index >= 15 is 0 Å². The molecule has 3 aliphatic heterocycles. The van der Waals surface area contributed by atoms with Crippen LogP contribution in [0.4, 0.5) is 0 Å². The molecular weight excluding hydrogens is 382 g/mol. The monoisotopic (exact) mass is 413 g/mol. The highest BCUT2D eigenvalue weighted by atomic mass is 16.5. The number of nitrogens with zero attached hydrogens (tertiary/aromatic N) is 3. The van der Waals surface area contributed by atoms with Gasteiger partial charge in [0.25, 0.3) is 11.8 Å². The molecule has 0 bridgehead atoms. The lowest BCUT2D eigenvalue weighted by Gasteiger charge is -2.30. The summed E-state index contributed by atoms with van der Waals surface area (Å²) < 4.78 is 10.6. The number of likely N-dealkylation sites (tertiary alicyclic amines) is 1. The van der Waals surface area contributed by atoms with Crippen molar-refractivity contribution in [1.29, 1.82) is 0 Å². The molecule has 3 aliphatic rings. The Hall–Kier alpha value is -2.38. The highest BCUT2D eigenvalue weighted by Crippen LogP contribution is 2.33. The molecule has 30 heavy (non-hydrogen) atoms. The van der Waals surface area contributed by atoms with Crippen LogP contribution in [-0.4, -0.2) is 86.1 Å². The number of rotatable bonds is 7. The van der Waals surface area contributed by atoms with Crippen molar-refractivity contribution in [1.82, 2.24) is 14.7 Å². The van der Waals surface area contributed by atoms with Crippen LogP contribution in [0.5, 0.6) is 5.75 Å². The number of amides is 2. The zero-order valence-corrected chi connectivity index (χ0v) is 17.8. The van der Waals surface area contributed by atoms with Gasteiger partial charge in [0.15, 0.2) is 0 Å². The van der Waals surface area contributed by atoms with Gasteiger partial charge in [-0.2, -0.15) is 0 Å². The minimum atomic E-state index is -0.173. The Labute approximate surface area is 178 Å². The molecule has 0 saturated carbocycles. The second kappa shape index (κ2) is 9.62. The maximum atomic E-state index is 13.4. The number of methoxy groups -OCH3 is 1. The zero-order chi connectivity index (χ0) is 20.9. The number of hydrogen-bond donors (Lipinski definition) is 0. The maximum Gasteiger partial charge on any atom is 0.277 e. The van der Waals surface area contributed by atoms with E-state index in [4.69, 9.17) is 9.47 Å². The highest BCUT2D eigenvalue weighted by Gasteiger charge is 2.41. The summed E-state index contributed by atoms with van der Waals surface area (Å²) in [5.41, 5.74) is 1.90. The fraction of sp³-hybridized carbons (Fsp3) is 0.565. The van der Waals surface area contributed by atoms with Crippen LogP contribution in [-0.2, 0) is 14.3 Å². The lowest BCUT2D eigenvalue weighted by Crippen LogP contribution is -2.40. The average molecular weight is 414 g/mol. The lowest BCUT2D eigenvalue weighted by molar-refractivity contribution is -0.137. The third-order valence-corrected chi connectivity index (χ3v) is 6.15. The van der Waals surface area contributed by atoms with Crippen molar-refractivity contribution < 1.29 is 19.1 Å². The summed E-state index contributed by atoms with van der Waals surface area (Å²) in [4.78, 5) is 32.6. The maximum absolute atomic E-state index is 13.4. The van der Waals surface area contributed by atoms with Crippen LogP contribution in [0.2, 0.25) is 0 Å². The molecule has 0 aliphatic carbocycles. The topological polar surface area (TPSA) is 62.3 Å². The van der Waals surface area contributed by atoms with Crippen molar-refractivity contribution in [3.63, 3.8) is 0 Å². The summed E-state index contributed by atoms with van der Waals surface area (Å²) in [6, 6.07) is 7.44. The molecule has 2 amide bonds. The molecule has 0 unspecified atom stereocenters. The van der Waals surface area contributed by atoms with Gasteiger partial charge in [0.2, 0.25) is 0 Å². The largest absolute Gasteiger partial charge is 0.497 e. The van der Waals surface area contributed by atoms with E-state index in [0.29, 0.717) is 17.8 Å². The van der Waals surface area contributed by atoms with E-state index in [9.17, 15) is 9.59 Å². The van der Waals surface area contributed by atoms with E-state index in [-0.39, 0.29) is 11.8 Å². The van der Waals surface area contributed by atoms with Gasteiger partial charge in [-0.15, -0.1) is 0 Å². The van der Waals surface area contributed by atoms with Crippen LogP contribution >= 0.6 is 0 Å². The number of hydrogen-bond acceptors (Lipinski definition) is 6. The number of ether oxygens (including phenoxy) is 2. The molecule has 162 valence electrons. The van der Waals surface area contributed by atoms with E-state index in [1.165, 1.54) is 11.3 Å². The number of benzene rings is 1. The van der Waals surface area contributed by atoms with E-state index in [1.807, 2.05) is 24.3 Å². The van der Waals surface area contributed by atoms with E-state index in [0.717, 1.165) is 76.5 Å². The van der Waals surface area contributed by atoms with Crippen molar-refractivity contribution in [2.45, 2.75) is 25.7 Å². The van der Waals surface area contributed by atoms with Crippen molar-refractivity contribution in [2.75, 3.05) is 59.6 Å². The van der Waals surface area contributed by atoms with Gasteiger partial charge in [-0.1, -0.05) is 12.1 Å². The van der Waals surface area contributed by atoms with Gasteiger partial charge >= 0.3 is 0 Å². The molecule has 4 rings (SSSR count). The summed E-state index contributed by atoms with van der Waals surface area (Å²) in [7, 11) is 1.62. The van der Waals surface area contributed by atoms with Crippen LogP contribution in [0, 0.1) is 0 Å². The number of morpholine rings is 1. The number of piperidine rings is 1. The van der Waals surface area contributed by atoms with Crippen molar-refractivity contribution in [3.8, 4) is 5.75 Å². The molecule has 0 radical (unpaired) electrons. The highest BCUT2D eigenvalue weighted by molar-refractivity contribution is 6.35. The van der Waals surface area contributed by atoms with Gasteiger partial charge in [0.1, 0.15) is 11.4 Å². The number of carbonyl (C=O) groups excluding carboxylic acids is 2. The van der Waals surface area contributed by atoms with Gasteiger partial charge in [0.05, 0.1) is 25.9 Å². The Morgan fingerprint density at radius 3 is 2.27 bits per heavy atom. The fourth-order valence-corrected chi connectivity index (χ4v) is 4.47. The summed E-state index contributed by atoms with van der Waals surface area (Å²) in [5, 5.41) is 0. The minimum absolute atomic E-state index is 0.144. The van der Waals surface area contributed by atoms with Crippen molar-refractivity contribution in [2.24, 2.45) is 0 Å². The quantitative estimate of drug-likeness (QED) is 0.637. The molecule has 1 aromatic carbocycles. The first-order chi connectivity index (χ1) is 14.7. The second-order valence-corrected chi connectivity index (χ2v) is 8.07. The summed E-state index contributed by atoms with van der Waals surface area (Å²) in [6.45, 7) is 6.31. The Morgan fingerprint density at radius 1 is 0.900 bits per heavy atom. The first-order valence-electron chi connectivity index (χ1n) is 11.0. The molecule has 3 heterocycles. The molecule has 1 aromatic rings. The molecule has 0 aromatic heterocycles. The van der Waals surface area contributed by atoms with E-state index in [2.05, 4.69) is 9.80 Å². The van der Waals surface area contributed by atoms with Gasteiger partial charge in [-0.25, -0.2) is 0 Å². The first-order valence-corrected chi connectivity index (χ1v) is 11.0. The van der Waals surface area contributed by atoms with Gasteiger partial charge in [0, 0.05) is 39.3 Å². The first kappa shape index (κ1) is 20.9. The smallest absolute Gasteiger partial charge is 0.277 e.